The fraction of sp³-hybridized carbons (Fsp3) is 0.444. The molecule has 6 nitrogen and oxygen atoms in total. The number of aliphatic hydroxyl groups is 1. The lowest BCUT2D eigenvalue weighted by Crippen LogP contribution is -2.37. The third kappa shape index (κ3) is 3.53. The van der Waals surface area contributed by atoms with E-state index in [4.69, 9.17) is 16.7 Å². The second-order valence-electron chi connectivity index (χ2n) is 3.42. The van der Waals surface area contributed by atoms with Crippen molar-refractivity contribution in [2.75, 3.05) is 6.61 Å². The van der Waals surface area contributed by atoms with Crippen molar-refractivity contribution >= 4 is 21.6 Å². The molecule has 1 aromatic heterocycles. The number of nitrogens with one attached hydrogen (secondary N) is 2. The molecule has 0 saturated carbocycles. The molecule has 0 aliphatic carbocycles. The molecule has 8 heteroatoms. The molecule has 0 saturated heterocycles. The van der Waals surface area contributed by atoms with E-state index in [9.17, 15) is 13.2 Å². The molecular formula is C9H13ClN2O4S. The number of pyridine rings is 1. The Bertz CT molecular complexity index is 536. The molecule has 1 atom stereocenters. The molecule has 1 rings (SSSR count). The molecule has 0 unspecified atom stereocenters. The second kappa shape index (κ2) is 5.63. The van der Waals surface area contributed by atoms with Gasteiger partial charge in [0.05, 0.1) is 11.5 Å². The SMILES string of the molecule is CC[C@@H](CO)NS(=O)(=O)c1c[nH]c(=O)c(Cl)c1. The molecule has 0 radical (unpaired) electrons. The number of aromatic amines is 1. The van der Waals surface area contributed by atoms with E-state index in [-0.39, 0.29) is 16.5 Å². The summed E-state index contributed by atoms with van der Waals surface area (Å²) in [7, 11) is -3.79. The van der Waals surface area contributed by atoms with Crippen molar-refractivity contribution in [3.05, 3.63) is 27.6 Å². The zero-order valence-electron chi connectivity index (χ0n) is 9.10. The molecular weight excluding hydrogens is 268 g/mol. The average Bonchev–Trinajstić information content (AvgIpc) is 2.29. The summed E-state index contributed by atoms with van der Waals surface area (Å²) in [4.78, 5) is 13.1. The molecule has 17 heavy (non-hydrogen) atoms. The van der Waals surface area contributed by atoms with Crippen molar-refractivity contribution in [2.24, 2.45) is 0 Å². The third-order valence-electron chi connectivity index (χ3n) is 2.18. The normalized spacial score (nSPS) is 13.6. The van der Waals surface area contributed by atoms with Crippen molar-refractivity contribution < 1.29 is 13.5 Å². The Kier molecular flexibility index (Phi) is 4.70. The van der Waals surface area contributed by atoms with Crippen LogP contribution in [-0.2, 0) is 10.0 Å². The van der Waals surface area contributed by atoms with Gasteiger partial charge in [0.2, 0.25) is 10.0 Å². The van der Waals surface area contributed by atoms with Gasteiger partial charge in [-0.05, 0) is 12.5 Å². The monoisotopic (exact) mass is 280 g/mol. The van der Waals surface area contributed by atoms with Gasteiger partial charge in [-0.1, -0.05) is 18.5 Å². The average molecular weight is 281 g/mol. The summed E-state index contributed by atoms with van der Waals surface area (Å²) in [5, 5.41) is 8.72. The molecule has 0 fully saturated rings. The first-order valence-corrected chi connectivity index (χ1v) is 6.78. The maximum atomic E-state index is 11.8. The number of aliphatic hydroxyl groups excluding tert-OH is 1. The van der Waals surface area contributed by atoms with Crippen LogP contribution < -0.4 is 10.3 Å². The molecule has 0 bridgehead atoms. The second-order valence-corrected chi connectivity index (χ2v) is 5.54. The highest BCUT2D eigenvalue weighted by Gasteiger charge is 2.19. The predicted octanol–water partition coefficient (Wildman–Crippen LogP) is 0.0775. The van der Waals surface area contributed by atoms with Gasteiger partial charge in [0.15, 0.2) is 0 Å². The Hall–Kier alpha value is -0.890. The van der Waals surface area contributed by atoms with Crippen LogP contribution in [0.3, 0.4) is 0 Å². The number of sulfonamides is 1. The molecule has 0 amide bonds. The lowest BCUT2D eigenvalue weighted by Gasteiger charge is -2.14. The molecule has 1 aromatic rings. The van der Waals surface area contributed by atoms with Crippen LogP contribution in [0.25, 0.3) is 0 Å². The maximum absolute atomic E-state index is 11.8. The van der Waals surface area contributed by atoms with Crippen molar-refractivity contribution in [3.63, 3.8) is 0 Å². The van der Waals surface area contributed by atoms with E-state index in [1.54, 1.807) is 6.92 Å². The molecule has 3 N–H and O–H groups in total. The zero-order chi connectivity index (χ0) is 13.1. The smallest absolute Gasteiger partial charge is 0.266 e. The number of hydrogen-bond donors (Lipinski definition) is 3. The largest absolute Gasteiger partial charge is 0.395 e. The van der Waals surface area contributed by atoms with Crippen LogP contribution in [0, 0.1) is 0 Å². The van der Waals surface area contributed by atoms with Crippen LogP contribution in [-0.4, -0.2) is 31.2 Å². The van der Waals surface area contributed by atoms with Gasteiger partial charge in [-0.15, -0.1) is 0 Å². The van der Waals surface area contributed by atoms with E-state index in [1.807, 2.05) is 0 Å². The van der Waals surface area contributed by atoms with Gasteiger partial charge in [0.25, 0.3) is 5.56 Å². The third-order valence-corrected chi connectivity index (χ3v) is 3.96. The highest BCUT2D eigenvalue weighted by atomic mass is 35.5. The molecule has 96 valence electrons. The maximum Gasteiger partial charge on any atom is 0.266 e. The molecule has 0 aromatic carbocycles. The summed E-state index contributed by atoms with van der Waals surface area (Å²) < 4.78 is 25.9. The van der Waals surface area contributed by atoms with Gasteiger partial charge in [-0.25, -0.2) is 13.1 Å². The quantitative estimate of drug-likeness (QED) is 0.711. The summed E-state index contributed by atoms with van der Waals surface area (Å²) >= 11 is 5.54. The minimum absolute atomic E-state index is 0.144. The van der Waals surface area contributed by atoms with Crippen LogP contribution in [0.2, 0.25) is 5.02 Å². The van der Waals surface area contributed by atoms with E-state index in [1.165, 1.54) is 0 Å². The summed E-state index contributed by atoms with van der Waals surface area (Å²) in [5.41, 5.74) is -0.556. The van der Waals surface area contributed by atoms with E-state index in [0.717, 1.165) is 12.3 Å². The molecule has 0 spiro atoms. The summed E-state index contributed by atoms with van der Waals surface area (Å²) in [6.07, 6.45) is 1.51. The van der Waals surface area contributed by atoms with Crippen LogP contribution in [0.1, 0.15) is 13.3 Å². The lowest BCUT2D eigenvalue weighted by molar-refractivity contribution is 0.254. The van der Waals surface area contributed by atoms with Crippen molar-refractivity contribution in [2.45, 2.75) is 24.3 Å². The van der Waals surface area contributed by atoms with Crippen molar-refractivity contribution in [3.8, 4) is 0 Å². The highest BCUT2D eigenvalue weighted by Crippen LogP contribution is 2.11. The minimum Gasteiger partial charge on any atom is -0.395 e. The Morgan fingerprint density at radius 2 is 2.24 bits per heavy atom. The van der Waals surface area contributed by atoms with Crippen LogP contribution in [0.15, 0.2) is 22.0 Å². The fourth-order valence-electron chi connectivity index (χ4n) is 1.13. The zero-order valence-corrected chi connectivity index (χ0v) is 10.7. The van der Waals surface area contributed by atoms with Crippen LogP contribution in [0.4, 0.5) is 0 Å². The lowest BCUT2D eigenvalue weighted by atomic mass is 10.3. The Morgan fingerprint density at radius 1 is 1.59 bits per heavy atom. The van der Waals surface area contributed by atoms with Gasteiger partial charge in [-0.3, -0.25) is 4.79 Å². The molecule has 0 aliphatic heterocycles. The van der Waals surface area contributed by atoms with E-state index in [2.05, 4.69) is 9.71 Å². The first-order valence-electron chi connectivity index (χ1n) is 4.92. The van der Waals surface area contributed by atoms with Crippen molar-refractivity contribution in [1.29, 1.82) is 0 Å². The van der Waals surface area contributed by atoms with Crippen LogP contribution >= 0.6 is 11.6 Å². The van der Waals surface area contributed by atoms with Gasteiger partial charge in [0.1, 0.15) is 5.02 Å². The topological polar surface area (TPSA) is 99.3 Å². The molecule has 0 aliphatic rings. The van der Waals surface area contributed by atoms with Gasteiger partial charge in [-0.2, -0.15) is 0 Å². The van der Waals surface area contributed by atoms with E-state index in [0.29, 0.717) is 6.42 Å². The summed E-state index contributed by atoms with van der Waals surface area (Å²) in [5.74, 6) is 0. The Morgan fingerprint density at radius 3 is 2.71 bits per heavy atom. The first-order chi connectivity index (χ1) is 7.90. The van der Waals surface area contributed by atoms with E-state index >= 15 is 0 Å². The summed E-state index contributed by atoms with van der Waals surface area (Å²) in [6, 6.07) is 0.498. The molecule has 1 heterocycles. The number of rotatable bonds is 5. The number of aromatic nitrogens is 1. The Labute approximate surface area is 104 Å². The fourth-order valence-corrected chi connectivity index (χ4v) is 2.67. The number of H-pyrrole nitrogens is 1. The minimum atomic E-state index is -3.79. The Balaban J connectivity index is 3.05. The highest BCUT2D eigenvalue weighted by molar-refractivity contribution is 7.89. The number of hydrogen-bond acceptors (Lipinski definition) is 4. The predicted molar refractivity (Wildman–Crippen MR) is 63.6 cm³/mol. The first kappa shape index (κ1) is 14.2. The van der Waals surface area contributed by atoms with Gasteiger partial charge in [0, 0.05) is 12.2 Å². The number of halogens is 1. The van der Waals surface area contributed by atoms with Gasteiger partial charge >= 0.3 is 0 Å². The van der Waals surface area contributed by atoms with E-state index < -0.39 is 21.6 Å². The van der Waals surface area contributed by atoms with Gasteiger partial charge < -0.3 is 10.1 Å². The van der Waals surface area contributed by atoms with Crippen LogP contribution in [0.5, 0.6) is 0 Å². The van der Waals surface area contributed by atoms with Crippen molar-refractivity contribution in [1.82, 2.24) is 9.71 Å². The standard InChI is InChI=1S/C9H13ClN2O4S/c1-2-6(5-13)12-17(15,16)7-3-8(10)9(14)11-4-7/h3-4,6,12-13H,2,5H2,1H3,(H,11,14)/t6-/m0/s1. The summed E-state index contributed by atoms with van der Waals surface area (Å²) in [6.45, 7) is 1.44.